The maximum absolute atomic E-state index is 12.9. The monoisotopic (exact) mass is 371 g/mol. The Morgan fingerprint density at radius 3 is 3.00 bits per heavy atom. The molecule has 1 N–H and O–H groups in total. The fourth-order valence-electron chi connectivity index (χ4n) is 3.41. The van der Waals surface area contributed by atoms with Gasteiger partial charge in [-0.15, -0.1) is 22.7 Å². The number of thiazole rings is 1. The average Bonchev–Trinajstić information content (AvgIpc) is 3.28. The zero-order valence-corrected chi connectivity index (χ0v) is 15.8. The molecular weight excluding hydrogens is 350 g/mol. The Balaban J connectivity index is 1.53. The van der Waals surface area contributed by atoms with Gasteiger partial charge in [0.1, 0.15) is 5.01 Å². The van der Waals surface area contributed by atoms with Gasteiger partial charge in [0, 0.05) is 13.1 Å². The van der Waals surface area contributed by atoms with Crippen LogP contribution >= 0.6 is 22.7 Å². The van der Waals surface area contributed by atoms with E-state index in [1.807, 2.05) is 42.3 Å². The number of fused-ring (bicyclic) bond motifs is 1. The molecule has 3 heterocycles. The van der Waals surface area contributed by atoms with Gasteiger partial charge in [-0.2, -0.15) is 0 Å². The van der Waals surface area contributed by atoms with Crippen LogP contribution in [0.4, 0.5) is 0 Å². The minimum atomic E-state index is 0.165. The van der Waals surface area contributed by atoms with E-state index in [0.717, 1.165) is 46.3 Å². The molecule has 0 spiro atoms. The number of nitrogens with one attached hydrogen (secondary N) is 1. The Labute approximate surface area is 155 Å². The number of thiophene rings is 1. The number of piperidine rings is 1. The fourth-order valence-corrected chi connectivity index (χ4v) is 5.40. The highest BCUT2D eigenvalue weighted by atomic mass is 32.1. The van der Waals surface area contributed by atoms with Crippen molar-refractivity contribution in [2.45, 2.75) is 12.8 Å². The third kappa shape index (κ3) is 3.47. The largest absolute Gasteiger partial charge is 0.338 e. The van der Waals surface area contributed by atoms with Crippen LogP contribution in [-0.2, 0) is 0 Å². The van der Waals surface area contributed by atoms with Crippen molar-refractivity contribution in [1.29, 1.82) is 0 Å². The van der Waals surface area contributed by atoms with Crippen molar-refractivity contribution >= 4 is 38.8 Å². The van der Waals surface area contributed by atoms with Gasteiger partial charge in [-0.1, -0.05) is 12.1 Å². The molecule has 0 saturated carbocycles. The summed E-state index contributed by atoms with van der Waals surface area (Å²) in [7, 11) is 1.98. The topological polar surface area (TPSA) is 45.2 Å². The van der Waals surface area contributed by atoms with E-state index in [1.54, 1.807) is 22.7 Å². The van der Waals surface area contributed by atoms with Crippen molar-refractivity contribution in [2.75, 3.05) is 26.7 Å². The summed E-state index contributed by atoms with van der Waals surface area (Å²) in [6.07, 6.45) is 2.29. The van der Waals surface area contributed by atoms with E-state index >= 15 is 0 Å². The number of aromatic nitrogens is 1. The van der Waals surface area contributed by atoms with E-state index in [9.17, 15) is 4.79 Å². The van der Waals surface area contributed by atoms with E-state index in [2.05, 4.69) is 11.4 Å². The van der Waals surface area contributed by atoms with Crippen LogP contribution in [0, 0.1) is 5.92 Å². The molecule has 0 bridgehead atoms. The zero-order chi connectivity index (χ0) is 17.2. The predicted molar refractivity (Wildman–Crippen MR) is 105 cm³/mol. The van der Waals surface area contributed by atoms with Crippen LogP contribution in [0.15, 0.2) is 36.4 Å². The Hall–Kier alpha value is -1.76. The van der Waals surface area contributed by atoms with E-state index in [4.69, 9.17) is 4.98 Å². The number of nitrogens with zero attached hydrogens (tertiary/aromatic N) is 2. The summed E-state index contributed by atoms with van der Waals surface area (Å²) in [6.45, 7) is 2.70. The van der Waals surface area contributed by atoms with Gasteiger partial charge in [0.2, 0.25) is 0 Å². The smallest absolute Gasteiger partial charge is 0.263 e. The number of carbonyl (C=O) groups excluding carboxylic acids is 1. The summed E-state index contributed by atoms with van der Waals surface area (Å²) in [6, 6.07) is 12.1. The fraction of sp³-hybridized carbons (Fsp3) is 0.368. The highest BCUT2D eigenvalue weighted by Gasteiger charge is 2.25. The van der Waals surface area contributed by atoms with Crippen molar-refractivity contribution in [2.24, 2.45) is 5.92 Å². The van der Waals surface area contributed by atoms with Crippen LogP contribution < -0.4 is 5.32 Å². The summed E-state index contributed by atoms with van der Waals surface area (Å²) in [5, 5.41) is 4.23. The summed E-state index contributed by atoms with van der Waals surface area (Å²) < 4.78 is 1.18. The first-order valence-electron chi connectivity index (χ1n) is 8.64. The first kappa shape index (κ1) is 16.7. The highest BCUT2D eigenvalue weighted by Crippen LogP contribution is 2.35. The lowest BCUT2D eigenvalue weighted by atomic mass is 9.98. The molecule has 1 saturated heterocycles. The number of carbonyl (C=O) groups is 1. The van der Waals surface area contributed by atoms with Gasteiger partial charge in [0.25, 0.3) is 5.91 Å². The molecule has 1 atom stereocenters. The summed E-state index contributed by atoms with van der Waals surface area (Å²) in [5.74, 6) is 0.726. The molecule has 0 radical (unpaired) electrons. The number of hydrogen-bond donors (Lipinski definition) is 1. The second-order valence-corrected chi connectivity index (χ2v) is 8.58. The van der Waals surface area contributed by atoms with Gasteiger partial charge in [-0.3, -0.25) is 4.79 Å². The first-order valence-corrected chi connectivity index (χ1v) is 10.3. The second kappa shape index (κ2) is 7.23. The van der Waals surface area contributed by atoms with Crippen LogP contribution in [0.5, 0.6) is 0 Å². The summed E-state index contributed by atoms with van der Waals surface area (Å²) >= 11 is 3.24. The van der Waals surface area contributed by atoms with Crippen LogP contribution in [-0.4, -0.2) is 42.5 Å². The molecule has 1 aliphatic rings. The standard InChI is InChI=1S/C19H21N3OS2/c1-20-11-13-5-4-10-22(12-13)19(23)17-9-8-16(24-17)18-21-14-6-2-3-7-15(14)25-18/h2-3,6-9,13,20H,4-5,10-12H2,1H3. The Bertz CT molecular complexity index is 851. The molecular formula is C19H21N3OS2. The maximum atomic E-state index is 12.9. The lowest BCUT2D eigenvalue weighted by Crippen LogP contribution is -2.42. The van der Waals surface area contributed by atoms with Gasteiger partial charge in [0.05, 0.1) is 20.0 Å². The van der Waals surface area contributed by atoms with Crippen molar-refractivity contribution in [3.05, 3.63) is 41.3 Å². The molecule has 1 amide bonds. The zero-order valence-electron chi connectivity index (χ0n) is 14.2. The van der Waals surface area contributed by atoms with Gasteiger partial charge in [0.15, 0.2) is 0 Å². The third-order valence-electron chi connectivity index (χ3n) is 4.62. The lowest BCUT2D eigenvalue weighted by Gasteiger charge is -2.32. The van der Waals surface area contributed by atoms with Crippen LogP contribution in [0.25, 0.3) is 20.1 Å². The lowest BCUT2D eigenvalue weighted by molar-refractivity contribution is 0.0679. The molecule has 1 unspecified atom stereocenters. The average molecular weight is 372 g/mol. The molecule has 3 aromatic rings. The highest BCUT2D eigenvalue weighted by molar-refractivity contribution is 7.26. The molecule has 4 rings (SSSR count). The van der Waals surface area contributed by atoms with Gasteiger partial charge in [-0.05, 0) is 56.6 Å². The predicted octanol–water partition coefficient (Wildman–Crippen LogP) is 4.10. The maximum Gasteiger partial charge on any atom is 0.263 e. The van der Waals surface area contributed by atoms with Crippen molar-refractivity contribution in [3.8, 4) is 9.88 Å². The summed E-state index contributed by atoms with van der Waals surface area (Å²) in [4.78, 5) is 21.5. The van der Waals surface area contributed by atoms with Crippen LogP contribution in [0.1, 0.15) is 22.5 Å². The Morgan fingerprint density at radius 1 is 1.28 bits per heavy atom. The van der Waals surface area contributed by atoms with E-state index in [1.165, 1.54) is 11.1 Å². The van der Waals surface area contributed by atoms with Crippen molar-refractivity contribution in [1.82, 2.24) is 15.2 Å². The normalized spacial score (nSPS) is 18.0. The van der Waals surface area contributed by atoms with Gasteiger partial charge < -0.3 is 10.2 Å². The molecule has 1 aliphatic heterocycles. The molecule has 25 heavy (non-hydrogen) atoms. The third-order valence-corrected chi connectivity index (χ3v) is 6.90. The van der Waals surface area contributed by atoms with Crippen LogP contribution in [0.3, 0.4) is 0 Å². The number of rotatable bonds is 4. The number of benzene rings is 1. The quantitative estimate of drug-likeness (QED) is 0.751. The number of hydrogen-bond acceptors (Lipinski definition) is 5. The minimum absolute atomic E-state index is 0.165. The van der Waals surface area contributed by atoms with E-state index < -0.39 is 0 Å². The van der Waals surface area contributed by atoms with Crippen LogP contribution in [0.2, 0.25) is 0 Å². The molecule has 1 aromatic carbocycles. The Morgan fingerprint density at radius 2 is 2.16 bits per heavy atom. The second-order valence-electron chi connectivity index (χ2n) is 6.47. The first-order chi connectivity index (χ1) is 12.2. The molecule has 2 aromatic heterocycles. The molecule has 0 aliphatic carbocycles. The van der Waals surface area contributed by atoms with E-state index in [0.29, 0.717) is 5.92 Å². The van der Waals surface area contributed by atoms with Gasteiger partial charge >= 0.3 is 0 Å². The number of para-hydroxylation sites is 1. The van der Waals surface area contributed by atoms with Crippen molar-refractivity contribution < 1.29 is 4.79 Å². The number of amides is 1. The Kier molecular flexibility index (Phi) is 4.83. The van der Waals surface area contributed by atoms with E-state index in [-0.39, 0.29) is 5.91 Å². The molecule has 6 heteroatoms. The van der Waals surface area contributed by atoms with Gasteiger partial charge in [-0.25, -0.2) is 4.98 Å². The molecule has 1 fully saturated rings. The number of likely N-dealkylation sites (tertiary alicyclic amines) is 1. The molecule has 4 nitrogen and oxygen atoms in total. The minimum Gasteiger partial charge on any atom is -0.338 e. The summed E-state index contributed by atoms with van der Waals surface area (Å²) in [5.41, 5.74) is 1.02. The van der Waals surface area contributed by atoms with Crippen molar-refractivity contribution in [3.63, 3.8) is 0 Å². The molecule has 130 valence electrons. The SMILES string of the molecule is CNCC1CCCN(C(=O)c2ccc(-c3nc4ccccc4s3)s2)C1.